The third-order valence-electron chi connectivity index (χ3n) is 7.48. The molecule has 0 bridgehead atoms. The number of unbranched alkanes of at least 4 members (excludes halogenated alkanes) is 2. The number of ketones is 1. The Hall–Kier alpha value is -2.11. The molecule has 1 unspecified atom stereocenters. The maximum atomic E-state index is 12.3. The van der Waals surface area contributed by atoms with E-state index in [9.17, 15) is 48.8 Å². The van der Waals surface area contributed by atoms with Gasteiger partial charge in [0.1, 0.15) is 29.9 Å². The highest BCUT2D eigenvalue weighted by molar-refractivity contribution is 7.51. The maximum Gasteiger partial charge on any atom is 0.339 e. The van der Waals surface area contributed by atoms with E-state index in [0.29, 0.717) is 61.6 Å². The van der Waals surface area contributed by atoms with E-state index >= 15 is 0 Å². The van der Waals surface area contributed by atoms with Crippen LogP contribution in [-0.2, 0) is 40.0 Å². The zero-order valence-electron chi connectivity index (χ0n) is 25.6. The average molecular weight is 659 g/mol. The number of aromatic hydroxyl groups is 2. The quantitative estimate of drug-likeness (QED) is 0.0737. The highest BCUT2D eigenvalue weighted by atomic mass is 31.2. The number of phenols is 2. The fraction of sp³-hybridized carbons (Fsp3) is 0.567. The molecule has 0 spiro atoms. The van der Waals surface area contributed by atoms with Crippen LogP contribution in [0.5, 0.6) is 11.5 Å². The highest BCUT2D eigenvalue weighted by Crippen LogP contribution is 2.40. The first-order chi connectivity index (χ1) is 20.7. The molecule has 2 aromatic rings. The zero-order chi connectivity index (χ0) is 32.9. The van der Waals surface area contributed by atoms with E-state index in [-0.39, 0.29) is 42.5 Å². The number of aliphatic hydroxyl groups is 1. The summed E-state index contributed by atoms with van der Waals surface area (Å²) in [7, 11) is -9.24. The second kappa shape index (κ2) is 18.1. The van der Waals surface area contributed by atoms with Gasteiger partial charge in [0.05, 0.1) is 6.61 Å². The monoisotopic (exact) mass is 658 g/mol. The van der Waals surface area contributed by atoms with Gasteiger partial charge in [0, 0.05) is 55.2 Å². The molecule has 0 saturated heterocycles. The van der Waals surface area contributed by atoms with Gasteiger partial charge in [-0.1, -0.05) is 63.1 Å². The number of hydrogen-bond acceptors (Lipinski definition) is 8. The van der Waals surface area contributed by atoms with Gasteiger partial charge in [-0.15, -0.1) is 0 Å². The molecule has 12 nitrogen and oxygen atoms in total. The Balaban J connectivity index is 2.45. The van der Waals surface area contributed by atoms with Gasteiger partial charge in [-0.2, -0.15) is 0 Å². The summed E-state index contributed by atoms with van der Waals surface area (Å²) in [6, 6.07) is 9.25. The third kappa shape index (κ3) is 13.5. The fourth-order valence-corrected chi connectivity index (χ4v) is 6.89. The van der Waals surface area contributed by atoms with E-state index in [0.717, 1.165) is 6.42 Å². The summed E-state index contributed by atoms with van der Waals surface area (Å²) in [5, 5.41) is 31.1. The maximum absolute atomic E-state index is 12.3. The fourth-order valence-electron chi connectivity index (χ4n) is 5.35. The van der Waals surface area contributed by atoms with Crippen molar-refractivity contribution in [3.05, 3.63) is 58.7 Å². The number of rotatable bonds is 21. The molecule has 0 amide bonds. The Morgan fingerprint density at radius 1 is 0.773 bits per heavy atom. The van der Waals surface area contributed by atoms with E-state index in [1.54, 1.807) is 30.3 Å². The van der Waals surface area contributed by atoms with Gasteiger partial charge in [-0.3, -0.25) is 23.7 Å². The molecule has 248 valence electrons. The van der Waals surface area contributed by atoms with Gasteiger partial charge < -0.3 is 34.9 Å². The van der Waals surface area contributed by atoms with Crippen LogP contribution in [0.25, 0.3) is 0 Å². The first-order valence-corrected chi connectivity index (χ1v) is 18.5. The number of carbonyl (C=O) groups is 1. The summed E-state index contributed by atoms with van der Waals surface area (Å²) in [5.41, 5.74) is 1.72. The first-order valence-electron chi connectivity index (χ1n) is 14.9. The Kier molecular flexibility index (Phi) is 15.7. The molecule has 0 saturated carbocycles. The van der Waals surface area contributed by atoms with Crippen LogP contribution in [0.3, 0.4) is 0 Å². The van der Waals surface area contributed by atoms with Crippen molar-refractivity contribution < 1.29 is 48.8 Å². The van der Waals surface area contributed by atoms with Gasteiger partial charge in [-0.25, -0.2) is 0 Å². The SMILES string of the molecule is CCCC(=O)CCCCCC(CN(Cc1cccc(CC)c1O)CP(=O)(O)O)N(Cc1cccc(CO)c1O)CP(=O)(O)O. The normalized spacial score (nSPS) is 13.1. The van der Waals surface area contributed by atoms with Gasteiger partial charge >= 0.3 is 15.2 Å². The molecule has 0 aliphatic carbocycles. The lowest BCUT2D eigenvalue weighted by Crippen LogP contribution is -2.44. The van der Waals surface area contributed by atoms with Gasteiger partial charge in [0.15, 0.2) is 0 Å². The number of Topliss-reactive ketones (excluding diaryl/α,β-unsaturated/α-hetero) is 1. The molecule has 0 heterocycles. The molecule has 0 aliphatic rings. The van der Waals surface area contributed by atoms with Gasteiger partial charge in [0.2, 0.25) is 0 Å². The van der Waals surface area contributed by atoms with Crippen molar-refractivity contribution in [1.29, 1.82) is 0 Å². The van der Waals surface area contributed by atoms with E-state index in [1.807, 2.05) is 13.8 Å². The topological polar surface area (TPSA) is 199 Å². The molecular weight excluding hydrogens is 610 g/mol. The van der Waals surface area contributed by atoms with Crippen molar-refractivity contribution in [1.82, 2.24) is 9.80 Å². The number of aryl methyl sites for hydroxylation is 1. The average Bonchev–Trinajstić information content (AvgIpc) is 2.92. The summed E-state index contributed by atoms with van der Waals surface area (Å²) in [6.45, 7) is 3.23. The van der Waals surface area contributed by atoms with E-state index in [2.05, 4.69) is 0 Å². The standard InChI is InChI=1S/C30H48N2O10P2/c1-3-10-28(34)16-7-5-6-15-27(32(22-44(40,41)42)18-25-13-9-14-26(20-33)30(25)36)19-31(21-43(37,38)39)17-24-12-8-11-23(4-2)29(24)35/h8-9,11-14,27,33,35-36H,3-7,10,15-22H2,1-2H3,(H2,37,38,39)(H2,40,41,42). The van der Waals surface area contributed by atoms with Crippen LogP contribution in [0.1, 0.15) is 81.0 Å². The highest BCUT2D eigenvalue weighted by Gasteiger charge is 2.31. The molecule has 7 N–H and O–H groups in total. The minimum atomic E-state index is -4.64. The first kappa shape index (κ1) is 38.1. The summed E-state index contributed by atoms with van der Waals surface area (Å²) in [4.78, 5) is 54.8. The number of carbonyl (C=O) groups excluding carboxylic acids is 1. The summed E-state index contributed by atoms with van der Waals surface area (Å²) in [5.74, 6) is -0.00236. The molecule has 0 aromatic heterocycles. The van der Waals surface area contributed by atoms with Crippen molar-refractivity contribution in [2.24, 2.45) is 0 Å². The van der Waals surface area contributed by atoms with Crippen LogP contribution >= 0.6 is 15.2 Å². The Morgan fingerprint density at radius 2 is 1.34 bits per heavy atom. The number of benzene rings is 2. The van der Waals surface area contributed by atoms with E-state index in [4.69, 9.17) is 0 Å². The lowest BCUT2D eigenvalue weighted by molar-refractivity contribution is -0.119. The van der Waals surface area contributed by atoms with Crippen LogP contribution in [0.15, 0.2) is 36.4 Å². The Labute approximate surface area is 259 Å². The van der Waals surface area contributed by atoms with Crippen molar-refractivity contribution >= 4 is 21.0 Å². The second-order valence-corrected chi connectivity index (χ2v) is 14.5. The minimum absolute atomic E-state index is 0.0177. The number of aliphatic hydroxyl groups excluding tert-OH is 1. The second-order valence-electron chi connectivity index (χ2n) is 11.3. The molecular formula is C30H48N2O10P2. The Morgan fingerprint density at radius 3 is 1.91 bits per heavy atom. The largest absolute Gasteiger partial charge is 0.507 e. The molecule has 2 rings (SSSR count). The summed E-state index contributed by atoms with van der Waals surface area (Å²) in [6.07, 6.45) is 3.19. The van der Waals surface area contributed by atoms with Crippen LogP contribution in [0.4, 0.5) is 0 Å². The van der Waals surface area contributed by atoms with Crippen LogP contribution in [0.2, 0.25) is 0 Å². The van der Waals surface area contributed by atoms with Crippen molar-refractivity contribution in [3.8, 4) is 11.5 Å². The lowest BCUT2D eigenvalue weighted by atomic mass is 10.0. The van der Waals surface area contributed by atoms with Gasteiger partial charge in [-0.05, 0) is 31.2 Å². The van der Waals surface area contributed by atoms with Gasteiger partial charge in [0.25, 0.3) is 0 Å². The Bertz CT molecular complexity index is 1300. The van der Waals surface area contributed by atoms with Crippen molar-refractivity contribution in [2.75, 3.05) is 19.1 Å². The van der Waals surface area contributed by atoms with E-state index in [1.165, 1.54) is 15.9 Å². The predicted molar refractivity (Wildman–Crippen MR) is 168 cm³/mol. The zero-order valence-corrected chi connectivity index (χ0v) is 27.4. The smallest absolute Gasteiger partial charge is 0.339 e. The predicted octanol–water partition coefficient (Wildman–Crippen LogP) is 4.42. The summed E-state index contributed by atoms with van der Waals surface area (Å²) >= 11 is 0. The molecule has 2 aromatic carbocycles. The molecule has 44 heavy (non-hydrogen) atoms. The van der Waals surface area contributed by atoms with Crippen LogP contribution in [0, 0.1) is 0 Å². The summed E-state index contributed by atoms with van der Waals surface area (Å²) < 4.78 is 24.5. The molecule has 0 radical (unpaired) electrons. The van der Waals surface area contributed by atoms with Crippen LogP contribution < -0.4 is 0 Å². The number of phenolic OH excluding ortho intramolecular Hbond substituents is 1. The number of hydrogen-bond donors (Lipinski definition) is 7. The van der Waals surface area contributed by atoms with E-state index < -0.39 is 40.4 Å². The van der Waals surface area contributed by atoms with Crippen molar-refractivity contribution in [3.63, 3.8) is 0 Å². The molecule has 0 fully saturated rings. The van der Waals surface area contributed by atoms with Crippen molar-refractivity contribution in [2.45, 2.75) is 91.0 Å². The minimum Gasteiger partial charge on any atom is -0.507 e. The molecule has 1 atom stereocenters. The number of para-hydroxylation sites is 2. The number of nitrogens with zero attached hydrogens (tertiary/aromatic N) is 2. The lowest BCUT2D eigenvalue weighted by Gasteiger charge is -2.36. The van der Waals surface area contributed by atoms with Crippen LogP contribution in [-0.4, -0.2) is 75.6 Å². The molecule has 14 heteroatoms. The third-order valence-corrected chi connectivity index (χ3v) is 8.98. The molecule has 0 aliphatic heterocycles.